The largest absolute Gasteiger partial charge is 0.508 e. The third-order valence-electron chi connectivity index (χ3n) is 9.11. The number of aromatic hydroxyl groups is 1. The second kappa shape index (κ2) is 17.9. The minimum atomic E-state index is -0.670. The average molecular weight is 756 g/mol. The number of ether oxygens (including phenoxy) is 4. The van der Waals surface area contributed by atoms with Crippen molar-refractivity contribution in [3.05, 3.63) is 86.9 Å². The standard InChI is InChI=1S/C41H52Cl2N2O7/c1-26-19-35(42)38(36(43)20-26)51-18-17-50-34-14-8-27(9-15-34)21-31(25-44-40(48)52-41(2,3)4)39(47)45(32-12-13-32)37(29-10-11-29)30-22-28(7-6-16-49-5)23-33(46)24-30/h8-9,14-15,19-20,22-24,29,31-32,37,46H,6-7,10-13,16-18,21,25H2,1-5H3,(H,44,48). The van der Waals surface area contributed by atoms with Gasteiger partial charge in [-0.3, -0.25) is 4.79 Å². The predicted molar refractivity (Wildman–Crippen MR) is 204 cm³/mol. The zero-order chi connectivity index (χ0) is 37.4. The van der Waals surface area contributed by atoms with E-state index >= 15 is 0 Å². The van der Waals surface area contributed by atoms with Gasteiger partial charge in [0.15, 0.2) is 5.75 Å². The Labute approximate surface area is 317 Å². The number of carbonyl (C=O) groups is 2. The van der Waals surface area contributed by atoms with Crippen molar-refractivity contribution in [2.45, 2.75) is 90.3 Å². The van der Waals surface area contributed by atoms with Crippen LogP contribution in [0, 0.1) is 18.8 Å². The van der Waals surface area contributed by atoms with Crippen molar-refractivity contribution < 1.29 is 33.6 Å². The summed E-state index contributed by atoms with van der Waals surface area (Å²) >= 11 is 12.6. The van der Waals surface area contributed by atoms with Crippen LogP contribution < -0.4 is 14.8 Å². The van der Waals surface area contributed by atoms with E-state index in [0.29, 0.717) is 40.5 Å². The van der Waals surface area contributed by atoms with Crippen molar-refractivity contribution in [3.8, 4) is 17.2 Å². The molecule has 9 nitrogen and oxygen atoms in total. The molecule has 0 aromatic heterocycles. The van der Waals surface area contributed by atoms with Crippen LogP contribution in [0.15, 0.2) is 54.6 Å². The number of alkyl carbamates (subject to hydrolysis) is 1. The Morgan fingerprint density at radius 1 is 0.923 bits per heavy atom. The molecule has 2 saturated carbocycles. The van der Waals surface area contributed by atoms with Gasteiger partial charge in [-0.1, -0.05) is 41.4 Å². The number of nitrogens with zero attached hydrogens (tertiary/aromatic N) is 1. The summed E-state index contributed by atoms with van der Waals surface area (Å²) in [6.07, 6.45) is 5.36. The van der Waals surface area contributed by atoms with E-state index < -0.39 is 17.6 Å². The zero-order valence-electron chi connectivity index (χ0n) is 30.9. The molecule has 2 amide bonds. The van der Waals surface area contributed by atoms with Crippen molar-refractivity contribution in [2.75, 3.05) is 33.5 Å². The van der Waals surface area contributed by atoms with E-state index in [1.807, 2.05) is 58.0 Å². The quantitative estimate of drug-likeness (QED) is 0.125. The topological polar surface area (TPSA) is 107 Å². The summed E-state index contributed by atoms with van der Waals surface area (Å²) in [5, 5.41) is 14.5. The van der Waals surface area contributed by atoms with E-state index in [0.717, 1.165) is 60.8 Å². The SMILES string of the molecule is COCCCc1cc(O)cc(C(C2CC2)N(C(=O)C(CNC(=O)OC(C)(C)C)Cc2ccc(OCCOc3c(Cl)cc(C)cc3Cl)cc2)C2CC2)c1. The van der Waals surface area contributed by atoms with E-state index in [1.165, 1.54) is 0 Å². The highest BCUT2D eigenvalue weighted by atomic mass is 35.5. The number of phenolic OH excluding ortho intramolecular Hbond substituents is 1. The van der Waals surface area contributed by atoms with Crippen LogP contribution in [-0.4, -0.2) is 67.1 Å². The number of carbonyl (C=O) groups excluding carboxylic acids is 2. The Kier molecular flexibility index (Phi) is 13.6. The van der Waals surface area contributed by atoms with Crippen molar-refractivity contribution in [1.82, 2.24) is 10.2 Å². The maximum Gasteiger partial charge on any atom is 0.407 e. The van der Waals surface area contributed by atoms with E-state index in [1.54, 1.807) is 25.3 Å². The summed E-state index contributed by atoms with van der Waals surface area (Å²) in [6.45, 7) is 8.64. The van der Waals surface area contributed by atoms with Gasteiger partial charge in [0.05, 0.1) is 22.0 Å². The molecule has 11 heteroatoms. The number of benzene rings is 3. The van der Waals surface area contributed by atoms with Gasteiger partial charge >= 0.3 is 6.09 Å². The van der Waals surface area contributed by atoms with E-state index in [2.05, 4.69) is 16.3 Å². The first-order valence-electron chi connectivity index (χ1n) is 18.2. The van der Waals surface area contributed by atoms with E-state index in [9.17, 15) is 14.7 Å². The van der Waals surface area contributed by atoms with Crippen molar-refractivity contribution >= 4 is 35.2 Å². The van der Waals surface area contributed by atoms with Crippen LogP contribution in [0.1, 0.15) is 81.2 Å². The lowest BCUT2D eigenvalue weighted by atomic mass is 9.92. The summed E-state index contributed by atoms with van der Waals surface area (Å²) in [5.74, 6) is 1.05. The van der Waals surface area contributed by atoms with Crippen LogP contribution in [0.4, 0.5) is 4.79 Å². The van der Waals surface area contributed by atoms with Gasteiger partial charge in [-0.2, -0.15) is 0 Å². The number of hydrogen-bond acceptors (Lipinski definition) is 7. The number of methoxy groups -OCH3 is 1. The summed E-state index contributed by atoms with van der Waals surface area (Å²) in [4.78, 5) is 29.6. The molecule has 5 rings (SSSR count). The van der Waals surface area contributed by atoms with Gasteiger partial charge in [0.25, 0.3) is 0 Å². The van der Waals surface area contributed by atoms with Crippen molar-refractivity contribution in [1.29, 1.82) is 0 Å². The van der Waals surface area contributed by atoms with Gasteiger partial charge in [0.2, 0.25) is 5.91 Å². The highest BCUT2D eigenvalue weighted by Gasteiger charge is 2.46. The molecular formula is C41H52Cl2N2O7. The van der Waals surface area contributed by atoms with Crippen molar-refractivity contribution in [2.24, 2.45) is 11.8 Å². The maximum atomic E-state index is 14.8. The molecule has 2 aliphatic carbocycles. The number of amides is 2. The van der Waals surface area contributed by atoms with Gasteiger partial charge in [0, 0.05) is 26.3 Å². The van der Waals surface area contributed by atoms with Gasteiger partial charge in [-0.05, 0) is 137 Å². The molecule has 0 radical (unpaired) electrons. The predicted octanol–water partition coefficient (Wildman–Crippen LogP) is 8.87. The van der Waals surface area contributed by atoms with Crippen LogP contribution in [-0.2, 0) is 27.1 Å². The highest BCUT2D eigenvalue weighted by molar-refractivity contribution is 6.37. The molecule has 2 N–H and O–H groups in total. The number of phenols is 1. The fourth-order valence-corrected chi connectivity index (χ4v) is 7.22. The fourth-order valence-electron chi connectivity index (χ4n) is 6.52. The van der Waals surface area contributed by atoms with Crippen LogP contribution in [0.2, 0.25) is 10.0 Å². The Hall–Kier alpha value is -3.66. The lowest BCUT2D eigenvalue weighted by Crippen LogP contribution is -2.46. The summed E-state index contributed by atoms with van der Waals surface area (Å²) < 4.78 is 22.5. The summed E-state index contributed by atoms with van der Waals surface area (Å²) in [5.41, 5.74) is 3.21. The molecule has 3 aromatic carbocycles. The third-order valence-corrected chi connectivity index (χ3v) is 9.67. The first-order chi connectivity index (χ1) is 24.8. The van der Waals surface area contributed by atoms with Gasteiger partial charge in [-0.15, -0.1) is 0 Å². The van der Waals surface area contributed by atoms with Gasteiger partial charge in [-0.25, -0.2) is 4.79 Å². The van der Waals surface area contributed by atoms with E-state index in [4.69, 9.17) is 42.1 Å². The maximum absolute atomic E-state index is 14.8. The molecule has 2 fully saturated rings. The monoisotopic (exact) mass is 754 g/mol. The first-order valence-corrected chi connectivity index (χ1v) is 19.0. The highest BCUT2D eigenvalue weighted by Crippen LogP contribution is 2.49. The van der Waals surface area contributed by atoms with E-state index in [-0.39, 0.29) is 43.5 Å². The van der Waals surface area contributed by atoms with Crippen LogP contribution in [0.3, 0.4) is 0 Å². The molecule has 0 saturated heterocycles. The normalized spacial score (nSPS) is 15.4. The number of halogens is 2. The van der Waals surface area contributed by atoms with Crippen molar-refractivity contribution in [3.63, 3.8) is 0 Å². The lowest BCUT2D eigenvalue weighted by Gasteiger charge is -2.36. The number of hydrogen-bond donors (Lipinski definition) is 2. The Bertz CT molecular complexity index is 1650. The molecule has 282 valence electrons. The second-order valence-corrected chi connectivity index (χ2v) is 15.8. The molecule has 0 heterocycles. The molecule has 2 unspecified atom stereocenters. The number of aryl methyl sites for hydroxylation is 2. The Morgan fingerprint density at radius 2 is 1.60 bits per heavy atom. The molecule has 2 atom stereocenters. The lowest BCUT2D eigenvalue weighted by molar-refractivity contribution is -0.139. The molecule has 3 aromatic rings. The smallest absolute Gasteiger partial charge is 0.407 e. The molecule has 0 aliphatic heterocycles. The van der Waals surface area contributed by atoms with Gasteiger partial charge in [0.1, 0.15) is 30.3 Å². The fraction of sp³-hybridized carbons (Fsp3) is 0.512. The molecule has 52 heavy (non-hydrogen) atoms. The molecule has 0 spiro atoms. The summed E-state index contributed by atoms with van der Waals surface area (Å²) in [6, 6.07) is 16.9. The molecule has 2 aliphatic rings. The van der Waals surface area contributed by atoms with Crippen LogP contribution in [0.25, 0.3) is 0 Å². The Balaban J connectivity index is 1.31. The number of nitrogens with one attached hydrogen (secondary N) is 1. The number of rotatable bonds is 18. The second-order valence-electron chi connectivity index (χ2n) is 15.0. The third kappa shape index (κ3) is 11.7. The van der Waals surface area contributed by atoms with Gasteiger partial charge < -0.3 is 34.3 Å². The average Bonchev–Trinajstić information content (AvgIpc) is 4.00. The molecule has 0 bridgehead atoms. The minimum absolute atomic E-state index is 0.00867. The first kappa shape index (κ1) is 39.5. The zero-order valence-corrected chi connectivity index (χ0v) is 32.4. The van der Waals surface area contributed by atoms with Crippen LogP contribution in [0.5, 0.6) is 17.2 Å². The molecular weight excluding hydrogens is 703 g/mol. The summed E-state index contributed by atoms with van der Waals surface area (Å²) in [7, 11) is 1.69. The minimum Gasteiger partial charge on any atom is -0.508 e. The Morgan fingerprint density at radius 3 is 2.21 bits per heavy atom. The van der Waals surface area contributed by atoms with Crippen LogP contribution >= 0.6 is 23.2 Å².